The lowest BCUT2D eigenvalue weighted by atomic mass is 9.65. The summed E-state index contributed by atoms with van der Waals surface area (Å²) in [7, 11) is 0. The van der Waals surface area contributed by atoms with Crippen molar-refractivity contribution in [1.29, 1.82) is 0 Å². The maximum Gasteiger partial charge on any atom is 0.127 e. The number of hydrogen-bond donors (Lipinski definition) is 2. The number of benzene rings is 1. The summed E-state index contributed by atoms with van der Waals surface area (Å²) in [5.74, 6) is 1.69. The van der Waals surface area contributed by atoms with Crippen LogP contribution in [0, 0.1) is 5.92 Å². The summed E-state index contributed by atoms with van der Waals surface area (Å²) in [5.41, 5.74) is 1.81. The number of hydrogen-bond acceptors (Lipinski definition) is 3. The Bertz CT molecular complexity index is 662. The van der Waals surface area contributed by atoms with Gasteiger partial charge < -0.3 is 14.9 Å². The van der Waals surface area contributed by atoms with Crippen molar-refractivity contribution in [3.05, 3.63) is 23.3 Å². The predicted octanol–water partition coefficient (Wildman–Crippen LogP) is 6.06. The fraction of sp³-hybridized carbons (Fsp3) is 0.750. The number of aliphatic hydroxyl groups excluding tert-OH is 1. The van der Waals surface area contributed by atoms with Crippen molar-refractivity contribution in [3.8, 4) is 11.5 Å². The number of aromatic hydroxyl groups is 1. The zero-order valence-electron chi connectivity index (χ0n) is 17.8. The molecule has 1 aliphatic heterocycles. The van der Waals surface area contributed by atoms with E-state index in [1.54, 1.807) is 0 Å². The van der Waals surface area contributed by atoms with Gasteiger partial charge in [-0.3, -0.25) is 0 Å². The van der Waals surface area contributed by atoms with Crippen LogP contribution in [0.2, 0.25) is 0 Å². The highest BCUT2D eigenvalue weighted by Crippen LogP contribution is 2.55. The van der Waals surface area contributed by atoms with Crippen LogP contribution in [0.1, 0.15) is 103 Å². The molecule has 0 unspecified atom stereocenters. The molecule has 3 nitrogen and oxygen atoms in total. The Morgan fingerprint density at radius 3 is 2.59 bits per heavy atom. The summed E-state index contributed by atoms with van der Waals surface area (Å²) in [4.78, 5) is 0. The average Bonchev–Trinajstić information content (AvgIpc) is 2.57. The van der Waals surface area contributed by atoms with Crippen LogP contribution in [-0.2, 0) is 5.41 Å². The molecule has 1 aromatic carbocycles. The van der Waals surface area contributed by atoms with Gasteiger partial charge in [-0.15, -0.1) is 0 Å². The molecule has 0 saturated heterocycles. The quantitative estimate of drug-likeness (QED) is 0.595. The molecule has 0 bridgehead atoms. The summed E-state index contributed by atoms with van der Waals surface area (Å²) in [6, 6.07) is 4.12. The molecule has 1 aliphatic carbocycles. The van der Waals surface area contributed by atoms with E-state index in [-0.39, 0.29) is 23.0 Å². The Balaban J connectivity index is 1.91. The summed E-state index contributed by atoms with van der Waals surface area (Å²) in [6.07, 6.45) is 8.34. The molecule has 1 aromatic rings. The average molecular weight is 375 g/mol. The van der Waals surface area contributed by atoms with Crippen molar-refractivity contribution < 1.29 is 14.9 Å². The minimum Gasteiger partial charge on any atom is -0.508 e. The van der Waals surface area contributed by atoms with Crippen LogP contribution < -0.4 is 4.74 Å². The first kappa shape index (κ1) is 20.5. The molecule has 0 radical (unpaired) electrons. The lowest BCUT2D eigenvalue weighted by Crippen LogP contribution is -2.47. The number of rotatable bonds is 6. The van der Waals surface area contributed by atoms with Gasteiger partial charge in [-0.1, -0.05) is 46.5 Å². The first-order chi connectivity index (χ1) is 12.7. The minimum absolute atomic E-state index is 0.0106. The molecule has 152 valence electrons. The zero-order valence-corrected chi connectivity index (χ0v) is 17.8. The highest BCUT2D eigenvalue weighted by Gasteiger charge is 2.47. The Kier molecular flexibility index (Phi) is 5.82. The van der Waals surface area contributed by atoms with Crippen LogP contribution in [-0.4, -0.2) is 21.9 Å². The lowest BCUT2D eigenvalue weighted by molar-refractivity contribution is -0.0318. The number of unbranched alkanes of at least 4 members (excludes halogenated alkanes) is 3. The van der Waals surface area contributed by atoms with Crippen LogP contribution in [0.15, 0.2) is 12.1 Å². The van der Waals surface area contributed by atoms with E-state index in [0.29, 0.717) is 11.7 Å². The molecule has 1 fully saturated rings. The number of phenolic OH excluding ortho intramolecular Hbond substituents is 1. The van der Waals surface area contributed by atoms with E-state index < -0.39 is 0 Å². The molecule has 0 spiro atoms. The second kappa shape index (κ2) is 7.66. The summed E-state index contributed by atoms with van der Waals surface area (Å²) in [6.45, 7) is 11.1. The number of phenols is 1. The van der Waals surface area contributed by atoms with Gasteiger partial charge in [-0.2, -0.15) is 0 Å². The van der Waals surface area contributed by atoms with Crippen LogP contribution in [0.5, 0.6) is 11.5 Å². The number of fused-ring (bicyclic) bond motifs is 3. The number of aliphatic hydroxyl groups is 1. The van der Waals surface area contributed by atoms with E-state index in [1.165, 1.54) is 25.7 Å². The number of ether oxygens (including phenoxy) is 1. The molecule has 2 N–H and O–H groups in total. The third kappa shape index (κ3) is 4.13. The van der Waals surface area contributed by atoms with Crippen molar-refractivity contribution in [1.82, 2.24) is 0 Å². The maximum atomic E-state index is 10.9. The summed E-state index contributed by atoms with van der Waals surface area (Å²) < 4.78 is 6.44. The van der Waals surface area contributed by atoms with Gasteiger partial charge in [0.15, 0.2) is 0 Å². The fourth-order valence-electron chi connectivity index (χ4n) is 5.26. The monoisotopic (exact) mass is 374 g/mol. The van der Waals surface area contributed by atoms with E-state index in [1.807, 2.05) is 6.07 Å². The minimum atomic E-state index is -0.276. The third-order valence-electron chi connectivity index (χ3n) is 7.02. The molecule has 3 atom stereocenters. The molecular formula is C24H38O3. The van der Waals surface area contributed by atoms with Crippen molar-refractivity contribution in [3.63, 3.8) is 0 Å². The molecule has 27 heavy (non-hydrogen) atoms. The lowest BCUT2D eigenvalue weighted by Gasteiger charge is -2.48. The highest BCUT2D eigenvalue weighted by molar-refractivity contribution is 5.53. The van der Waals surface area contributed by atoms with Crippen molar-refractivity contribution in [2.24, 2.45) is 5.92 Å². The molecule has 3 rings (SSSR count). The zero-order chi connectivity index (χ0) is 19.8. The summed E-state index contributed by atoms with van der Waals surface area (Å²) in [5, 5.41) is 21.2. The van der Waals surface area contributed by atoms with Crippen molar-refractivity contribution >= 4 is 0 Å². The molecule has 1 saturated carbocycles. The second-order valence-electron chi connectivity index (χ2n) is 9.99. The molecule has 2 aliphatic rings. The third-order valence-corrected chi connectivity index (χ3v) is 7.02. The van der Waals surface area contributed by atoms with E-state index in [4.69, 9.17) is 4.74 Å². The van der Waals surface area contributed by atoms with Gasteiger partial charge in [-0.25, -0.2) is 0 Å². The van der Waals surface area contributed by atoms with Gasteiger partial charge in [0.2, 0.25) is 0 Å². The van der Waals surface area contributed by atoms with Crippen LogP contribution in [0.3, 0.4) is 0 Å². The van der Waals surface area contributed by atoms with E-state index in [2.05, 4.69) is 40.7 Å². The highest BCUT2D eigenvalue weighted by atomic mass is 16.5. The first-order valence-electron chi connectivity index (χ1n) is 10.9. The van der Waals surface area contributed by atoms with Crippen LogP contribution >= 0.6 is 0 Å². The summed E-state index contributed by atoms with van der Waals surface area (Å²) >= 11 is 0. The van der Waals surface area contributed by atoms with Crippen molar-refractivity contribution in [2.75, 3.05) is 0 Å². The molecule has 1 heterocycles. The smallest absolute Gasteiger partial charge is 0.127 e. The molecular weight excluding hydrogens is 336 g/mol. The van der Waals surface area contributed by atoms with E-state index in [0.717, 1.165) is 42.6 Å². The van der Waals surface area contributed by atoms with E-state index >= 15 is 0 Å². The Morgan fingerprint density at radius 2 is 1.89 bits per heavy atom. The van der Waals surface area contributed by atoms with Gasteiger partial charge in [0.25, 0.3) is 0 Å². The Morgan fingerprint density at radius 1 is 1.15 bits per heavy atom. The van der Waals surface area contributed by atoms with Gasteiger partial charge in [0, 0.05) is 17.4 Å². The van der Waals surface area contributed by atoms with Crippen LogP contribution in [0.4, 0.5) is 0 Å². The maximum absolute atomic E-state index is 10.9. The molecule has 0 aromatic heterocycles. The van der Waals surface area contributed by atoms with Crippen LogP contribution in [0.25, 0.3) is 0 Å². The fourth-order valence-corrected chi connectivity index (χ4v) is 5.26. The van der Waals surface area contributed by atoms with Crippen molar-refractivity contribution in [2.45, 2.75) is 109 Å². The largest absolute Gasteiger partial charge is 0.508 e. The standard InChI is InChI=1S/C24H38O3/c1-6-7-8-9-12-23(2,3)16-13-20(26)22-18-15-17(25)10-11-19(18)24(4,5)27-21(22)14-16/h13-14,17-19,25-26H,6-12,15H2,1-5H3/t17-,18+,19+/m1/s1. The normalized spacial score (nSPS) is 26.8. The SMILES string of the molecule is CCCCCCC(C)(C)c1cc(O)c2c(c1)OC(C)(C)[C@H]1CC[C@@H](O)C[C@H]21. The first-order valence-corrected chi connectivity index (χ1v) is 10.9. The Labute approximate surface area is 165 Å². The van der Waals surface area contributed by atoms with E-state index in [9.17, 15) is 10.2 Å². The second-order valence-corrected chi connectivity index (χ2v) is 9.99. The van der Waals surface area contributed by atoms with Gasteiger partial charge in [0.1, 0.15) is 17.1 Å². The molecule has 3 heteroatoms. The molecule has 0 amide bonds. The van der Waals surface area contributed by atoms with Gasteiger partial charge in [0.05, 0.1) is 6.10 Å². The predicted molar refractivity (Wildman–Crippen MR) is 111 cm³/mol. The Hall–Kier alpha value is -1.22. The van der Waals surface area contributed by atoms with Gasteiger partial charge in [-0.05, 0) is 62.6 Å². The topological polar surface area (TPSA) is 49.7 Å². The van der Waals surface area contributed by atoms with Gasteiger partial charge >= 0.3 is 0 Å².